The minimum atomic E-state index is 0.128. The number of anilines is 2. The highest BCUT2D eigenvalue weighted by Gasteiger charge is 2.26. The SMILES string of the molecule is CC(C(=O)Nc1cccc(N2CCCC2)c1)C1CCCC1. The van der Waals surface area contributed by atoms with E-state index < -0.39 is 0 Å². The van der Waals surface area contributed by atoms with E-state index in [4.69, 9.17) is 0 Å². The van der Waals surface area contributed by atoms with Crippen LogP contribution in [-0.4, -0.2) is 19.0 Å². The summed E-state index contributed by atoms with van der Waals surface area (Å²) in [5.41, 5.74) is 2.17. The Morgan fingerprint density at radius 1 is 1.19 bits per heavy atom. The lowest BCUT2D eigenvalue weighted by Crippen LogP contribution is -2.26. The lowest BCUT2D eigenvalue weighted by molar-refractivity contribution is -0.120. The molecule has 114 valence electrons. The van der Waals surface area contributed by atoms with Crippen LogP contribution in [0.4, 0.5) is 11.4 Å². The van der Waals surface area contributed by atoms with Gasteiger partial charge in [-0.15, -0.1) is 0 Å². The number of carbonyl (C=O) groups is 1. The standard InChI is InChI=1S/C18H26N2O/c1-14(15-7-2-3-8-15)18(21)19-16-9-6-10-17(13-16)20-11-4-5-12-20/h6,9-10,13-15H,2-5,7-8,11-12H2,1H3,(H,19,21). The van der Waals surface area contributed by atoms with Crippen LogP contribution in [0.15, 0.2) is 24.3 Å². The smallest absolute Gasteiger partial charge is 0.227 e. The van der Waals surface area contributed by atoms with Crippen molar-refractivity contribution in [1.82, 2.24) is 0 Å². The zero-order valence-electron chi connectivity index (χ0n) is 13.0. The molecule has 2 aliphatic rings. The van der Waals surface area contributed by atoms with E-state index in [2.05, 4.69) is 29.3 Å². The minimum absolute atomic E-state index is 0.128. The summed E-state index contributed by atoms with van der Waals surface area (Å²) >= 11 is 0. The molecule has 1 saturated carbocycles. The first-order valence-electron chi connectivity index (χ1n) is 8.40. The summed E-state index contributed by atoms with van der Waals surface area (Å²) in [5.74, 6) is 0.884. The Hall–Kier alpha value is -1.51. The van der Waals surface area contributed by atoms with Gasteiger partial charge in [0.25, 0.3) is 0 Å². The Morgan fingerprint density at radius 2 is 1.90 bits per heavy atom. The van der Waals surface area contributed by atoms with Crippen molar-refractivity contribution in [3.63, 3.8) is 0 Å². The van der Waals surface area contributed by atoms with E-state index in [1.54, 1.807) is 0 Å². The number of benzene rings is 1. The topological polar surface area (TPSA) is 32.3 Å². The van der Waals surface area contributed by atoms with Gasteiger partial charge in [-0.05, 0) is 49.8 Å². The number of amides is 1. The summed E-state index contributed by atoms with van der Waals surface area (Å²) in [4.78, 5) is 14.8. The summed E-state index contributed by atoms with van der Waals surface area (Å²) in [5, 5.41) is 3.12. The quantitative estimate of drug-likeness (QED) is 0.905. The Labute approximate surface area is 127 Å². The number of hydrogen-bond acceptors (Lipinski definition) is 2. The number of carbonyl (C=O) groups excluding carboxylic acids is 1. The van der Waals surface area contributed by atoms with Crippen LogP contribution < -0.4 is 10.2 Å². The maximum Gasteiger partial charge on any atom is 0.227 e. The molecule has 21 heavy (non-hydrogen) atoms. The van der Waals surface area contributed by atoms with Crippen LogP contribution in [0.5, 0.6) is 0 Å². The molecule has 1 N–H and O–H groups in total. The molecule has 3 rings (SSSR count). The van der Waals surface area contributed by atoms with Crippen molar-refractivity contribution in [2.75, 3.05) is 23.3 Å². The highest BCUT2D eigenvalue weighted by Crippen LogP contribution is 2.32. The van der Waals surface area contributed by atoms with E-state index in [-0.39, 0.29) is 11.8 Å². The highest BCUT2D eigenvalue weighted by atomic mass is 16.1. The summed E-state index contributed by atoms with van der Waals surface area (Å²) in [6.45, 7) is 4.35. The number of nitrogens with one attached hydrogen (secondary N) is 1. The van der Waals surface area contributed by atoms with Gasteiger partial charge in [-0.3, -0.25) is 4.79 Å². The molecule has 1 aromatic carbocycles. The van der Waals surface area contributed by atoms with Crippen LogP contribution in [0, 0.1) is 11.8 Å². The average molecular weight is 286 g/mol. The third kappa shape index (κ3) is 3.39. The van der Waals surface area contributed by atoms with Crippen molar-refractivity contribution in [1.29, 1.82) is 0 Å². The number of rotatable bonds is 4. The molecule has 1 aliphatic heterocycles. The molecule has 1 unspecified atom stereocenters. The Morgan fingerprint density at radius 3 is 2.62 bits per heavy atom. The van der Waals surface area contributed by atoms with Crippen LogP contribution in [0.2, 0.25) is 0 Å². The van der Waals surface area contributed by atoms with Gasteiger partial charge < -0.3 is 10.2 Å². The fourth-order valence-electron chi connectivity index (χ4n) is 3.68. The third-order valence-electron chi connectivity index (χ3n) is 5.11. The zero-order valence-corrected chi connectivity index (χ0v) is 13.0. The largest absolute Gasteiger partial charge is 0.371 e. The molecule has 1 saturated heterocycles. The summed E-state index contributed by atoms with van der Waals surface area (Å²) < 4.78 is 0. The van der Waals surface area contributed by atoms with Gasteiger partial charge >= 0.3 is 0 Å². The summed E-state index contributed by atoms with van der Waals surface area (Å²) in [6.07, 6.45) is 7.54. The van der Waals surface area contributed by atoms with Gasteiger partial charge in [0, 0.05) is 30.4 Å². The molecular formula is C18H26N2O. The van der Waals surface area contributed by atoms with Gasteiger partial charge in [0.2, 0.25) is 5.91 Å². The minimum Gasteiger partial charge on any atom is -0.371 e. The van der Waals surface area contributed by atoms with E-state index in [0.29, 0.717) is 5.92 Å². The fourth-order valence-corrected chi connectivity index (χ4v) is 3.68. The second-order valence-electron chi connectivity index (χ2n) is 6.57. The van der Waals surface area contributed by atoms with E-state index in [9.17, 15) is 4.79 Å². The molecule has 1 atom stereocenters. The van der Waals surface area contributed by atoms with Crippen LogP contribution in [0.3, 0.4) is 0 Å². The monoisotopic (exact) mass is 286 g/mol. The first-order chi connectivity index (χ1) is 10.2. The Bertz CT molecular complexity index is 488. The second kappa shape index (κ2) is 6.50. The molecule has 1 aliphatic carbocycles. The molecule has 0 bridgehead atoms. The van der Waals surface area contributed by atoms with Gasteiger partial charge in [0.1, 0.15) is 0 Å². The molecule has 0 aromatic heterocycles. The van der Waals surface area contributed by atoms with E-state index >= 15 is 0 Å². The van der Waals surface area contributed by atoms with Gasteiger partial charge in [-0.2, -0.15) is 0 Å². The average Bonchev–Trinajstić information content (AvgIpc) is 3.20. The number of nitrogens with zero attached hydrogens (tertiary/aromatic N) is 1. The maximum absolute atomic E-state index is 12.4. The predicted molar refractivity (Wildman–Crippen MR) is 87.6 cm³/mol. The Balaban J connectivity index is 1.63. The molecule has 0 radical (unpaired) electrons. The van der Waals surface area contributed by atoms with Gasteiger partial charge in [-0.1, -0.05) is 25.8 Å². The van der Waals surface area contributed by atoms with E-state index in [0.717, 1.165) is 18.8 Å². The molecule has 2 fully saturated rings. The van der Waals surface area contributed by atoms with Crippen molar-refractivity contribution in [3.05, 3.63) is 24.3 Å². The maximum atomic E-state index is 12.4. The van der Waals surface area contributed by atoms with Crippen LogP contribution >= 0.6 is 0 Å². The summed E-state index contributed by atoms with van der Waals surface area (Å²) in [7, 11) is 0. The summed E-state index contributed by atoms with van der Waals surface area (Å²) in [6, 6.07) is 8.30. The third-order valence-corrected chi connectivity index (χ3v) is 5.11. The van der Waals surface area contributed by atoms with Crippen molar-refractivity contribution in [2.45, 2.75) is 45.4 Å². The van der Waals surface area contributed by atoms with Crippen LogP contribution in [0.1, 0.15) is 45.4 Å². The van der Waals surface area contributed by atoms with Crippen molar-refractivity contribution < 1.29 is 4.79 Å². The molecule has 1 aromatic rings. The number of hydrogen-bond donors (Lipinski definition) is 1. The van der Waals surface area contributed by atoms with Crippen LogP contribution in [-0.2, 0) is 4.79 Å². The normalized spacial score (nSPS) is 20.7. The van der Waals surface area contributed by atoms with Gasteiger partial charge in [0.05, 0.1) is 0 Å². The molecule has 1 amide bonds. The highest BCUT2D eigenvalue weighted by molar-refractivity contribution is 5.93. The second-order valence-corrected chi connectivity index (χ2v) is 6.57. The first kappa shape index (κ1) is 14.4. The van der Waals surface area contributed by atoms with E-state index in [1.165, 1.54) is 44.2 Å². The van der Waals surface area contributed by atoms with Gasteiger partial charge in [0.15, 0.2) is 0 Å². The first-order valence-corrected chi connectivity index (χ1v) is 8.40. The molecule has 3 nitrogen and oxygen atoms in total. The lowest BCUT2D eigenvalue weighted by Gasteiger charge is -2.20. The van der Waals surface area contributed by atoms with Crippen molar-refractivity contribution >= 4 is 17.3 Å². The fraction of sp³-hybridized carbons (Fsp3) is 0.611. The Kier molecular flexibility index (Phi) is 4.47. The zero-order chi connectivity index (χ0) is 14.7. The molecular weight excluding hydrogens is 260 g/mol. The van der Waals surface area contributed by atoms with Crippen molar-refractivity contribution in [3.8, 4) is 0 Å². The lowest BCUT2D eigenvalue weighted by atomic mass is 9.92. The van der Waals surface area contributed by atoms with Gasteiger partial charge in [-0.25, -0.2) is 0 Å². The molecule has 3 heteroatoms. The van der Waals surface area contributed by atoms with E-state index in [1.807, 2.05) is 12.1 Å². The van der Waals surface area contributed by atoms with Crippen molar-refractivity contribution in [2.24, 2.45) is 11.8 Å². The predicted octanol–water partition coefficient (Wildman–Crippen LogP) is 4.05. The molecule has 0 spiro atoms. The molecule has 1 heterocycles. The van der Waals surface area contributed by atoms with Crippen LogP contribution in [0.25, 0.3) is 0 Å².